The van der Waals surface area contributed by atoms with Crippen molar-refractivity contribution in [3.8, 4) is 0 Å². The van der Waals surface area contributed by atoms with E-state index in [1.807, 2.05) is 6.07 Å². The molecule has 1 aliphatic rings. The Balaban J connectivity index is 2.14. The largest absolute Gasteiger partial charge is 0.281 e. The van der Waals surface area contributed by atoms with Gasteiger partial charge in [-0.25, -0.2) is 4.39 Å². The van der Waals surface area contributed by atoms with Crippen molar-refractivity contribution in [1.82, 2.24) is 8.61 Å². The molecule has 100 valence electrons. The second-order valence-corrected chi connectivity index (χ2v) is 6.83. The fraction of sp³-hybridized carbons (Fsp3) is 0.500. The molecule has 2 rings (SSSR count). The summed E-state index contributed by atoms with van der Waals surface area (Å²) in [5.41, 5.74) is 0.867. The van der Waals surface area contributed by atoms with Crippen LogP contribution in [-0.2, 0) is 10.2 Å². The van der Waals surface area contributed by atoms with E-state index >= 15 is 0 Å². The minimum Gasteiger partial charge on any atom is -0.207 e. The first kappa shape index (κ1) is 13.5. The number of hydrogen-bond acceptors (Lipinski definition) is 2. The molecule has 1 heterocycles. The first-order valence-corrected chi connectivity index (χ1v) is 7.24. The highest BCUT2D eigenvalue weighted by atomic mass is 32.2. The highest BCUT2D eigenvalue weighted by Gasteiger charge is 2.33. The van der Waals surface area contributed by atoms with Crippen LogP contribution in [0.15, 0.2) is 24.3 Å². The molecule has 0 bridgehead atoms. The Bertz CT molecular complexity index is 531. The standard InChI is InChI=1S/C12H17FN2O2S/c1-14(2)18(16,17)15-7-6-11(9-15)10-4-3-5-12(13)8-10/h3-5,8,11H,6-7,9H2,1-2H3/t11-/m1/s1. The van der Waals surface area contributed by atoms with Gasteiger partial charge in [0.1, 0.15) is 5.82 Å². The van der Waals surface area contributed by atoms with Crippen molar-refractivity contribution in [2.75, 3.05) is 27.2 Å². The predicted molar refractivity (Wildman–Crippen MR) is 67.9 cm³/mol. The van der Waals surface area contributed by atoms with E-state index in [1.165, 1.54) is 34.8 Å². The molecule has 0 radical (unpaired) electrons. The van der Waals surface area contributed by atoms with Gasteiger partial charge in [-0.2, -0.15) is 17.0 Å². The molecule has 1 atom stereocenters. The van der Waals surface area contributed by atoms with E-state index in [9.17, 15) is 12.8 Å². The van der Waals surface area contributed by atoms with Gasteiger partial charge in [-0.1, -0.05) is 12.1 Å². The Morgan fingerprint density at radius 2 is 2.11 bits per heavy atom. The van der Waals surface area contributed by atoms with Crippen LogP contribution in [0.3, 0.4) is 0 Å². The Kier molecular flexibility index (Phi) is 3.70. The van der Waals surface area contributed by atoms with Crippen molar-refractivity contribution in [1.29, 1.82) is 0 Å². The molecule has 1 aliphatic heterocycles. The summed E-state index contributed by atoms with van der Waals surface area (Å²) >= 11 is 0. The van der Waals surface area contributed by atoms with Gasteiger partial charge in [0.05, 0.1) is 0 Å². The highest BCUT2D eigenvalue weighted by Crippen LogP contribution is 2.29. The normalized spacial score (nSPS) is 21.7. The molecule has 0 amide bonds. The molecular weight excluding hydrogens is 255 g/mol. The molecule has 1 saturated heterocycles. The van der Waals surface area contributed by atoms with Gasteiger partial charge in [-0.05, 0) is 30.0 Å². The van der Waals surface area contributed by atoms with Crippen LogP contribution in [0.5, 0.6) is 0 Å². The lowest BCUT2D eigenvalue weighted by Gasteiger charge is -2.20. The number of benzene rings is 1. The fourth-order valence-electron chi connectivity index (χ4n) is 2.20. The lowest BCUT2D eigenvalue weighted by Crippen LogP contribution is -2.38. The Labute approximate surface area is 107 Å². The third-order valence-corrected chi connectivity index (χ3v) is 5.17. The van der Waals surface area contributed by atoms with Crippen molar-refractivity contribution < 1.29 is 12.8 Å². The zero-order valence-corrected chi connectivity index (χ0v) is 11.3. The topological polar surface area (TPSA) is 40.6 Å². The predicted octanol–water partition coefficient (Wildman–Crippen LogP) is 1.42. The second-order valence-electron chi connectivity index (χ2n) is 4.69. The first-order chi connectivity index (χ1) is 8.41. The molecule has 1 fully saturated rings. The molecule has 0 N–H and O–H groups in total. The van der Waals surface area contributed by atoms with Crippen LogP contribution < -0.4 is 0 Å². The molecule has 4 nitrogen and oxygen atoms in total. The summed E-state index contributed by atoms with van der Waals surface area (Å²) in [4.78, 5) is 0. The lowest BCUT2D eigenvalue weighted by atomic mass is 9.99. The van der Waals surface area contributed by atoms with Gasteiger partial charge in [0, 0.05) is 27.2 Å². The molecular formula is C12H17FN2O2S. The summed E-state index contributed by atoms with van der Waals surface area (Å²) in [6.07, 6.45) is 0.733. The average Bonchev–Trinajstić information content (AvgIpc) is 2.78. The van der Waals surface area contributed by atoms with Crippen LogP contribution in [0.25, 0.3) is 0 Å². The van der Waals surface area contributed by atoms with Crippen molar-refractivity contribution in [3.63, 3.8) is 0 Å². The van der Waals surface area contributed by atoms with E-state index in [2.05, 4.69) is 0 Å². The zero-order valence-electron chi connectivity index (χ0n) is 10.5. The van der Waals surface area contributed by atoms with Crippen LogP contribution >= 0.6 is 0 Å². The molecule has 18 heavy (non-hydrogen) atoms. The van der Waals surface area contributed by atoms with Crippen molar-refractivity contribution in [2.24, 2.45) is 0 Å². The van der Waals surface area contributed by atoms with Crippen LogP contribution in [-0.4, -0.2) is 44.2 Å². The maximum absolute atomic E-state index is 13.1. The number of rotatable bonds is 3. The van der Waals surface area contributed by atoms with Crippen LogP contribution in [0, 0.1) is 5.82 Å². The van der Waals surface area contributed by atoms with Crippen LogP contribution in [0.4, 0.5) is 4.39 Å². The van der Waals surface area contributed by atoms with E-state index in [1.54, 1.807) is 6.07 Å². The minimum atomic E-state index is -3.35. The van der Waals surface area contributed by atoms with Gasteiger partial charge in [0.25, 0.3) is 10.2 Å². The number of halogens is 1. The smallest absolute Gasteiger partial charge is 0.207 e. The summed E-state index contributed by atoms with van der Waals surface area (Å²) in [6.45, 7) is 0.908. The second kappa shape index (κ2) is 4.95. The van der Waals surface area contributed by atoms with Gasteiger partial charge in [0.2, 0.25) is 0 Å². The van der Waals surface area contributed by atoms with Gasteiger partial charge in [-0.3, -0.25) is 0 Å². The minimum absolute atomic E-state index is 0.0791. The molecule has 1 aromatic rings. The Morgan fingerprint density at radius 3 is 2.72 bits per heavy atom. The van der Waals surface area contributed by atoms with Crippen LogP contribution in [0.1, 0.15) is 17.9 Å². The highest BCUT2D eigenvalue weighted by molar-refractivity contribution is 7.86. The molecule has 0 saturated carbocycles. The summed E-state index contributed by atoms with van der Waals surface area (Å²) in [5, 5.41) is 0. The van der Waals surface area contributed by atoms with Crippen molar-refractivity contribution in [3.05, 3.63) is 35.6 Å². The third kappa shape index (κ3) is 2.55. The molecule has 0 aromatic heterocycles. The van der Waals surface area contributed by atoms with E-state index in [0.29, 0.717) is 13.1 Å². The van der Waals surface area contributed by atoms with Gasteiger partial charge >= 0.3 is 0 Å². The Hall–Kier alpha value is -0.980. The SMILES string of the molecule is CN(C)S(=O)(=O)N1CC[C@@H](c2cccc(F)c2)C1. The molecule has 0 aliphatic carbocycles. The Morgan fingerprint density at radius 1 is 1.39 bits per heavy atom. The van der Waals surface area contributed by atoms with E-state index in [0.717, 1.165) is 12.0 Å². The number of nitrogens with zero attached hydrogens (tertiary/aromatic N) is 2. The summed E-state index contributed by atoms with van der Waals surface area (Å²) in [6, 6.07) is 6.39. The maximum Gasteiger partial charge on any atom is 0.281 e. The lowest BCUT2D eigenvalue weighted by molar-refractivity contribution is 0.418. The van der Waals surface area contributed by atoms with E-state index in [-0.39, 0.29) is 11.7 Å². The molecule has 0 unspecified atom stereocenters. The molecule has 6 heteroatoms. The van der Waals surface area contributed by atoms with E-state index < -0.39 is 10.2 Å². The van der Waals surface area contributed by atoms with Crippen molar-refractivity contribution in [2.45, 2.75) is 12.3 Å². The van der Waals surface area contributed by atoms with Crippen LogP contribution in [0.2, 0.25) is 0 Å². The summed E-state index contributed by atoms with van der Waals surface area (Å²) in [7, 11) is -0.317. The van der Waals surface area contributed by atoms with Crippen molar-refractivity contribution >= 4 is 10.2 Å². The zero-order chi connectivity index (χ0) is 13.3. The van der Waals surface area contributed by atoms with Gasteiger partial charge < -0.3 is 0 Å². The molecule has 0 spiro atoms. The van der Waals surface area contributed by atoms with E-state index in [4.69, 9.17) is 0 Å². The number of hydrogen-bond donors (Lipinski definition) is 0. The molecule has 1 aromatic carbocycles. The summed E-state index contributed by atoms with van der Waals surface area (Å²) < 4.78 is 39.7. The van der Waals surface area contributed by atoms with Gasteiger partial charge in [0.15, 0.2) is 0 Å². The quantitative estimate of drug-likeness (QED) is 0.835. The van der Waals surface area contributed by atoms with Gasteiger partial charge in [-0.15, -0.1) is 0 Å². The third-order valence-electron chi connectivity index (χ3n) is 3.26. The fourth-order valence-corrected chi connectivity index (χ4v) is 3.37. The monoisotopic (exact) mass is 272 g/mol. The first-order valence-electron chi connectivity index (χ1n) is 5.84. The average molecular weight is 272 g/mol. The maximum atomic E-state index is 13.1. The summed E-state index contributed by atoms with van der Waals surface area (Å²) in [5.74, 6) is -0.197.